The van der Waals surface area contributed by atoms with Crippen LogP contribution in [0.1, 0.15) is 49.1 Å². The van der Waals surface area contributed by atoms with Crippen LogP contribution in [0.25, 0.3) is 0 Å². The maximum atomic E-state index is 12.4. The van der Waals surface area contributed by atoms with E-state index in [0.29, 0.717) is 18.0 Å². The Bertz CT molecular complexity index is 516. The second-order valence-electron chi connectivity index (χ2n) is 5.45. The smallest absolute Gasteiger partial charge is 0.246 e. The summed E-state index contributed by atoms with van der Waals surface area (Å²) in [4.78, 5) is 18.1. The number of hydrogen-bond acceptors (Lipinski definition) is 4. The largest absolute Gasteiger partial charge is 0.301 e. The monoisotopic (exact) mass is 275 g/mol. The number of fused-ring (bicyclic) bond motifs is 1. The number of nitrogens with one attached hydrogen (secondary N) is 1. The Hall–Kier alpha value is -1.41. The Morgan fingerprint density at radius 2 is 2.05 bits per heavy atom. The first-order valence-electron chi connectivity index (χ1n) is 6.95. The van der Waals surface area contributed by atoms with Gasteiger partial charge in [0, 0.05) is 4.88 Å². The van der Waals surface area contributed by atoms with Crippen LogP contribution in [-0.4, -0.2) is 10.9 Å². The summed E-state index contributed by atoms with van der Waals surface area (Å²) in [7, 11) is 0. The van der Waals surface area contributed by atoms with Crippen LogP contribution in [0, 0.1) is 16.7 Å². The molecule has 5 heteroatoms. The summed E-state index contributed by atoms with van der Waals surface area (Å²) in [6, 6.07) is 2.25. The van der Waals surface area contributed by atoms with Crippen LogP contribution >= 0.6 is 11.3 Å². The van der Waals surface area contributed by atoms with Crippen molar-refractivity contribution < 1.29 is 4.79 Å². The zero-order valence-electron chi connectivity index (χ0n) is 10.9. The van der Waals surface area contributed by atoms with Gasteiger partial charge in [0.15, 0.2) is 5.13 Å². The van der Waals surface area contributed by atoms with E-state index in [-0.39, 0.29) is 5.91 Å². The topological polar surface area (TPSA) is 65.8 Å². The van der Waals surface area contributed by atoms with Crippen molar-refractivity contribution in [1.29, 1.82) is 5.26 Å². The second-order valence-corrected chi connectivity index (χ2v) is 6.53. The van der Waals surface area contributed by atoms with Crippen LogP contribution in [0.3, 0.4) is 0 Å². The van der Waals surface area contributed by atoms with Gasteiger partial charge in [-0.05, 0) is 32.1 Å². The van der Waals surface area contributed by atoms with E-state index in [0.717, 1.165) is 37.8 Å². The first-order chi connectivity index (χ1) is 9.23. The van der Waals surface area contributed by atoms with E-state index in [9.17, 15) is 10.1 Å². The third-order valence-electron chi connectivity index (χ3n) is 4.17. The predicted octanol–water partition coefficient (Wildman–Crippen LogP) is 3.04. The number of nitriles is 1. The zero-order valence-corrected chi connectivity index (χ0v) is 11.7. The van der Waals surface area contributed by atoms with Crippen molar-refractivity contribution in [3.05, 3.63) is 10.6 Å². The summed E-state index contributed by atoms with van der Waals surface area (Å²) < 4.78 is 0. The molecule has 0 radical (unpaired) electrons. The number of aryl methyl sites for hydroxylation is 2. The molecule has 4 nitrogen and oxygen atoms in total. The van der Waals surface area contributed by atoms with Crippen molar-refractivity contribution in [3.8, 4) is 6.07 Å². The lowest BCUT2D eigenvalue weighted by molar-refractivity contribution is -0.124. The number of carbonyl (C=O) groups is 1. The minimum atomic E-state index is -0.825. The Labute approximate surface area is 116 Å². The van der Waals surface area contributed by atoms with Gasteiger partial charge in [0.2, 0.25) is 5.91 Å². The molecule has 1 N–H and O–H groups in total. The number of amides is 1. The van der Waals surface area contributed by atoms with Crippen molar-refractivity contribution in [3.63, 3.8) is 0 Å². The van der Waals surface area contributed by atoms with E-state index >= 15 is 0 Å². The summed E-state index contributed by atoms with van der Waals surface area (Å²) in [6.07, 6.45) is 7.69. The zero-order chi connectivity index (χ0) is 13.3. The molecule has 1 amide bonds. The standard InChI is InChI=1S/C14H17N3OS/c15-9-14(7-2-1-3-8-14)12(18)17-13-16-10-5-4-6-11(10)19-13/h1-8H2,(H,16,17,18). The fourth-order valence-electron chi connectivity index (χ4n) is 3.01. The maximum Gasteiger partial charge on any atom is 0.246 e. The number of hydrogen-bond donors (Lipinski definition) is 1. The average molecular weight is 275 g/mol. The van der Waals surface area contributed by atoms with Crippen molar-refractivity contribution >= 4 is 22.4 Å². The van der Waals surface area contributed by atoms with Crippen molar-refractivity contribution in [2.24, 2.45) is 5.41 Å². The van der Waals surface area contributed by atoms with E-state index in [1.165, 1.54) is 11.3 Å². The minimum absolute atomic E-state index is 0.151. The van der Waals surface area contributed by atoms with Gasteiger partial charge in [-0.1, -0.05) is 19.3 Å². The van der Waals surface area contributed by atoms with E-state index in [2.05, 4.69) is 16.4 Å². The molecule has 1 aromatic rings. The van der Waals surface area contributed by atoms with Crippen LogP contribution in [0.5, 0.6) is 0 Å². The van der Waals surface area contributed by atoms with Crippen LogP contribution in [0.2, 0.25) is 0 Å². The Balaban J connectivity index is 1.74. The minimum Gasteiger partial charge on any atom is -0.301 e. The lowest BCUT2D eigenvalue weighted by Gasteiger charge is -2.28. The highest BCUT2D eigenvalue weighted by molar-refractivity contribution is 7.15. The SMILES string of the molecule is N#CC1(C(=O)Nc2nc3c(s2)CCC3)CCCCC1. The lowest BCUT2D eigenvalue weighted by Crippen LogP contribution is -2.36. The quantitative estimate of drug-likeness (QED) is 0.902. The molecule has 19 heavy (non-hydrogen) atoms. The van der Waals surface area contributed by atoms with Gasteiger partial charge in [-0.15, -0.1) is 11.3 Å². The number of nitrogens with zero attached hydrogens (tertiary/aromatic N) is 2. The highest BCUT2D eigenvalue weighted by atomic mass is 32.1. The van der Waals surface area contributed by atoms with E-state index in [1.807, 2.05) is 0 Å². The molecule has 0 atom stereocenters. The molecule has 0 aliphatic heterocycles. The number of aromatic nitrogens is 1. The van der Waals surface area contributed by atoms with Crippen LogP contribution in [0.15, 0.2) is 0 Å². The van der Waals surface area contributed by atoms with Crippen molar-refractivity contribution in [2.45, 2.75) is 51.4 Å². The molecular weight excluding hydrogens is 258 g/mol. The molecule has 0 unspecified atom stereocenters. The Kier molecular flexibility index (Phi) is 3.28. The average Bonchev–Trinajstić information content (AvgIpc) is 3.00. The fourth-order valence-corrected chi connectivity index (χ4v) is 4.05. The number of anilines is 1. The summed E-state index contributed by atoms with van der Waals surface area (Å²) >= 11 is 1.57. The van der Waals surface area contributed by atoms with Crippen LogP contribution in [0.4, 0.5) is 5.13 Å². The molecule has 0 aromatic carbocycles. The van der Waals surface area contributed by atoms with Crippen LogP contribution < -0.4 is 5.32 Å². The molecule has 1 fully saturated rings. The first-order valence-corrected chi connectivity index (χ1v) is 7.76. The third kappa shape index (κ3) is 2.25. The van der Waals surface area contributed by atoms with Gasteiger partial charge < -0.3 is 5.32 Å². The van der Waals surface area contributed by atoms with Gasteiger partial charge in [-0.25, -0.2) is 4.98 Å². The normalized spacial score (nSPS) is 20.6. The highest BCUT2D eigenvalue weighted by Gasteiger charge is 2.40. The van der Waals surface area contributed by atoms with Gasteiger partial charge in [-0.3, -0.25) is 4.79 Å². The molecule has 1 heterocycles. The molecule has 0 bridgehead atoms. The molecule has 2 aliphatic rings. The van der Waals surface area contributed by atoms with E-state index in [4.69, 9.17) is 0 Å². The summed E-state index contributed by atoms with van der Waals surface area (Å²) in [5, 5.41) is 12.9. The molecule has 3 rings (SSSR count). The molecule has 1 aromatic heterocycles. The van der Waals surface area contributed by atoms with E-state index < -0.39 is 5.41 Å². The molecular formula is C14H17N3OS. The Morgan fingerprint density at radius 1 is 1.26 bits per heavy atom. The maximum absolute atomic E-state index is 12.4. The first kappa shape index (κ1) is 12.6. The van der Waals surface area contributed by atoms with Gasteiger partial charge in [0.05, 0.1) is 11.8 Å². The summed E-state index contributed by atoms with van der Waals surface area (Å²) in [6.45, 7) is 0. The summed E-state index contributed by atoms with van der Waals surface area (Å²) in [5.74, 6) is -0.151. The van der Waals surface area contributed by atoms with Gasteiger partial charge in [0.1, 0.15) is 5.41 Å². The van der Waals surface area contributed by atoms with Gasteiger partial charge in [0.25, 0.3) is 0 Å². The van der Waals surface area contributed by atoms with E-state index in [1.54, 1.807) is 11.3 Å². The van der Waals surface area contributed by atoms with Crippen molar-refractivity contribution in [2.75, 3.05) is 5.32 Å². The number of carbonyl (C=O) groups excluding carboxylic acids is 1. The molecule has 1 saturated carbocycles. The number of rotatable bonds is 2. The molecule has 100 valence electrons. The second kappa shape index (κ2) is 4.93. The Morgan fingerprint density at radius 3 is 2.74 bits per heavy atom. The third-order valence-corrected chi connectivity index (χ3v) is 5.24. The molecule has 0 spiro atoms. The predicted molar refractivity (Wildman–Crippen MR) is 73.9 cm³/mol. The van der Waals surface area contributed by atoms with Gasteiger partial charge in [-0.2, -0.15) is 5.26 Å². The molecule has 2 aliphatic carbocycles. The van der Waals surface area contributed by atoms with Crippen LogP contribution in [-0.2, 0) is 17.6 Å². The lowest BCUT2D eigenvalue weighted by atomic mass is 9.74. The van der Waals surface area contributed by atoms with Gasteiger partial charge >= 0.3 is 0 Å². The van der Waals surface area contributed by atoms with Crippen molar-refractivity contribution in [1.82, 2.24) is 4.98 Å². The number of thiazole rings is 1. The highest BCUT2D eigenvalue weighted by Crippen LogP contribution is 2.38. The molecule has 0 saturated heterocycles. The fraction of sp³-hybridized carbons (Fsp3) is 0.643. The summed E-state index contributed by atoms with van der Waals surface area (Å²) in [5.41, 5.74) is 0.309.